The molecule has 0 radical (unpaired) electrons. The summed E-state index contributed by atoms with van der Waals surface area (Å²) in [5, 5.41) is 3.02. The number of hydrogen-bond donors (Lipinski definition) is 1. The lowest BCUT2D eigenvalue weighted by atomic mass is 10.2. The van der Waals surface area contributed by atoms with Crippen LogP contribution in [-0.4, -0.2) is 53.8 Å². The lowest BCUT2D eigenvalue weighted by molar-refractivity contribution is -0.143. The van der Waals surface area contributed by atoms with Gasteiger partial charge in [-0.15, -0.1) is 0 Å². The lowest BCUT2D eigenvalue weighted by Gasteiger charge is -2.15. The van der Waals surface area contributed by atoms with E-state index in [2.05, 4.69) is 5.32 Å². The van der Waals surface area contributed by atoms with Gasteiger partial charge in [0.15, 0.2) is 0 Å². The number of imide groups is 2. The predicted octanol–water partition coefficient (Wildman–Crippen LogP) is 1.41. The monoisotopic (exact) mass is 353 g/mol. The zero-order valence-corrected chi connectivity index (χ0v) is 14.1. The molecule has 0 unspecified atom stereocenters. The summed E-state index contributed by atoms with van der Waals surface area (Å²) in [5.74, 6) is -2.25. The van der Waals surface area contributed by atoms with Gasteiger partial charge in [0, 0.05) is 17.6 Å². The van der Waals surface area contributed by atoms with Crippen LogP contribution in [0.25, 0.3) is 0 Å². The molecule has 2 rings (SSSR count). The van der Waals surface area contributed by atoms with Gasteiger partial charge in [-0.1, -0.05) is 11.6 Å². The van der Waals surface area contributed by atoms with Crippen molar-refractivity contribution in [2.75, 3.05) is 25.5 Å². The quantitative estimate of drug-likeness (QED) is 0.637. The van der Waals surface area contributed by atoms with Crippen LogP contribution in [0.5, 0.6) is 5.75 Å². The highest BCUT2D eigenvalue weighted by Gasteiger charge is 2.44. The number of nitrogens with one attached hydrogen (secondary N) is 1. The molecule has 0 aromatic heterocycles. The van der Waals surface area contributed by atoms with E-state index in [0.717, 1.165) is 4.90 Å². The minimum atomic E-state index is -1.02. The third kappa shape index (κ3) is 3.18. The summed E-state index contributed by atoms with van der Waals surface area (Å²) < 4.78 is 5.14. The third-order valence-corrected chi connectivity index (χ3v) is 3.92. The first-order valence-corrected chi connectivity index (χ1v) is 7.49. The molecule has 1 heterocycles. The van der Waals surface area contributed by atoms with E-state index in [1.807, 2.05) is 0 Å². The van der Waals surface area contributed by atoms with Crippen LogP contribution < -0.4 is 10.1 Å². The molecular weight excluding hydrogens is 338 g/mol. The topological polar surface area (TPSA) is 96.0 Å². The Morgan fingerprint density at radius 3 is 2.38 bits per heavy atom. The summed E-state index contributed by atoms with van der Waals surface area (Å²) >= 11 is 5.99. The van der Waals surface area contributed by atoms with Crippen LogP contribution >= 0.6 is 11.6 Å². The summed E-state index contributed by atoms with van der Waals surface area (Å²) in [6.07, 6.45) is 0. The Labute approximate surface area is 143 Å². The van der Waals surface area contributed by atoms with Crippen LogP contribution in [-0.2, 0) is 14.4 Å². The van der Waals surface area contributed by atoms with Crippen LogP contribution in [0.1, 0.15) is 12.5 Å². The van der Waals surface area contributed by atoms with Crippen LogP contribution in [0.15, 0.2) is 12.1 Å². The Morgan fingerprint density at radius 1 is 1.21 bits per heavy atom. The summed E-state index contributed by atoms with van der Waals surface area (Å²) in [4.78, 5) is 48.9. The molecule has 8 nitrogen and oxygen atoms in total. The molecule has 0 bridgehead atoms. The summed E-state index contributed by atoms with van der Waals surface area (Å²) in [6.45, 7) is 2.81. The van der Waals surface area contributed by atoms with Crippen molar-refractivity contribution in [1.29, 1.82) is 0 Å². The molecule has 1 N–H and O–H groups in total. The van der Waals surface area contributed by atoms with E-state index in [9.17, 15) is 19.2 Å². The van der Waals surface area contributed by atoms with Gasteiger partial charge in [0.25, 0.3) is 0 Å². The number of methoxy groups -OCH3 is 1. The summed E-state index contributed by atoms with van der Waals surface area (Å²) in [6, 6.07) is 2.35. The molecule has 1 fully saturated rings. The molecule has 128 valence electrons. The number of ether oxygens (including phenoxy) is 1. The number of anilines is 1. The van der Waals surface area contributed by atoms with Crippen LogP contribution in [0.2, 0.25) is 5.02 Å². The number of rotatable bonds is 5. The molecule has 24 heavy (non-hydrogen) atoms. The molecule has 1 aliphatic rings. The largest absolute Gasteiger partial charge is 0.495 e. The highest BCUT2D eigenvalue weighted by Crippen LogP contribution is 2.30. The molecule has 0 atom stereocenters. The average molecular weight is 354 g/mol. The summed E-state index contributed by atoms with van der Waals surface area (Å²) in [7, 11) is 1.42. The number of likely N-dealkylation sites (N-methyl/N-ethyl adjacent to an activating group) is 1. The molecule has 5 amide bonds. The van der Waals surface area contributed by atoms with Gasteiger partial charge in [0.1, 0.15) is 12.3 Å². The maximum Gasteiger partial charge on any atom is 0.334 e. The van der Waals surface area contributed by atoms with E-state index >= 15 is 0 Å². The number of halogens is 1. The van der Waals surface area contributed by atoms with Gasteiger partial charge in [-0.05, 0) is 25.5 Å². The first-order valence-electron chi connectivity index (χ1n) is 7.11. The smallest absolute Gasteiger partial charge is 0.334 e. The zero-order valence-electron chi connectivity index (χ0n) is 13.4. The fourth-order valence-corrected chi connectivity index (χ4v) is 2.39. The Kier molecular flexibility index (Phi) is 5.08. The molecule has 1 aromatic rings. The van der Waals surface area contributed by atoms with Crippen molar-refractivity contribution in [3.63, 3.8) is 0 Å². The number of urea groups is 1. The fourth-order valence-electron chi connectivity index (χ4n) is 2.23. The minimum Gasteiger partial charge on any atom is -0.495 e. The highest BCUT2D eigenvalue weighted by molar-refractivity contribution is 6.45. The Balaban J connectivity index is 2.15. The number of hydrogen-bond acceptors (Lipinski definition) is 5. The molecule has 0 aliphatic carbocycles. The number of amides is 5. The van der Waals surface area contributed by atoms with Gasteiger partial charge in [-0.25, -0.2) is 9.69 Å². The lowest BCUT2D eigenvalue weighted by Crippen LogP contribution is -2.39. The molecule has 1 saturated heterocycles. The molecular formula is C15H16ClN3O5. The van der Waals surface area contributed by atoms with E-state index in [1.165, 1.54) is 7.11 Å². The number of carbonyl (C=O) groups excluding carboxylic acids is 4. The first-order chi connectivity index (χ1) is 11.3. The van der Waals surface area contributed by atoms with Gasteiger partial charge in [0.05, 0.1) is 12.8 Å². The van der Waals surface area contributed by atoms with Gasteiger partial charge in [-0.3, -0.25) is 19.3 Å². The van der Waals surface area contributed by atoms with E-state index in [1.54, 1.807) is 26.0 Å². The van der Waals surface area contributed by atoms with Crippen molar-refractivity contribution in [3.8, 4) is 5.75 Å². The maximum atomic E-state index is 12.2. The van der Waals surface area contributed by atoms with E-state index in [4.69, 9.17) is 16.3 Å². The van der Waals surface area contributed by atoms with Gasteiger partial charge in [0.2, 0.25) is 5.91 Å². The number of aryl methyl sites for hydroxylation is 1. The summed E-state index contributed by atoms with van der Waals surface area (Å²) in [5.41, 5.74) is 1.07. The third-order valence-electron chi connectivity index (χ3n) is 3.51. The van der Waals surface area contributed by atoms with Crippen molar-refractivity contribution in [2.45, 2.75) is 13.8 Å². The normalized spacial score (nSPS) is 14.4. The Hall–Kier alpha value is -2.61. The maximum absolute atomic E-state index is 12.2. The van der Waals surface area contributed by atoms with Crippen molar-refractivity contribution >= 4 is 41.0 Å². The molecule has 1 aromatic carbocycles. The van der Waals surface area contributed by atoms with Crippen molar-refractivity contribution in [1.82, 2.24) is 9.80 Å². The first kappa shape index (κ1) is 17.7. The Morgan fingerprint density at radius 2 is 1.83 bits per heavy atom. The van der Waals surface area contributed by atoms with Gasteiger partial charge >= 0.3 is 17.8 Å². The Bertz CT molecular complexity index is 734. The number of benzene rings is 1. The number of nitrogens with zero attached hydrogens (tertiary/aromatic N) is 2. The van der Waals surface area contributed by atoms with E-state index in [-0.39, 0.29) is 6.54 Å². The van der Waals surface area contributed by atoms with Gasteiger partial charge in [-0.2, -0.15) is 0 Å². The number of carbonyl (C=O) groups is 4. The molecule has 0 saturated carbocycles. The van der Waals surface area contributed by atoms with E-state index < -0.39 is 30.3 Å². The second kappa shape index (κ2) is 6.88. The van der Waals surface area contributed by atoms with E-state index in [0.29, 0.717) is 26.9 Å². The predicted molar refractivity (Wildman–Crippen MR) is 85.9 cm³/mol. The molecule has 9 heteroatoms. The SMILES string of the molecule is CCN1C(=O)C(=O)N(CC(=O)Nc2cc(C)c(Cl)cc2OC)C1=O. The average Bonchev–Trinajstić information content (AvgIpc) is 2.74. The second-order valence-corrected chi connectivity index (χ2v) is 5.48. The van der Waals surface area contributed by atoms with Gasteiger partial charge < -0.3 is 10.1 Å². The van der Waals surface area contributed by atoms with Crippen LogP contribution in [0, 0.1) is 6.92 Å². The standard InChI is InChI=1S/C15H16ClN3O5/c1-4-18-13(21)14(22)19(15(18)23)7-12(20)17-10-5-8(2)9(16)6-11(10)24-3/h5-6H,4,7H2,1-3H3,(H,17,20). The second-order valence-electron chi connectivity index (χ2n) is 5.07. The van der Waals surface area contributed by atoms with Crippen LogP contribution in [0.4, 0.5) is 10.5 Å². The fraction of sp³-hybridized carbons (Fsp3) is 0.333. The minimum absolute atomic E-state index is 0.0612. The van der Waals surface area contributed by atoms with Crippen molar-refractivity contribution in [3.05, 3.63) is 22.7 Å². The highest BCUT2D eigenvalue weighted by atomic mass is 35.5. The molecule has 1 aliphatic heterocycles. The molecule has 0 spiro atoms. The van der Waals surface area contributed by atoms with Crippen molar-refractivity contribution in [2.24, 2.45) is 0 Å². The zero-order chi connectivity index (χ0) is 18.0. The van der Waals surface area contributed by atoms with Crippen LogP contribution in [0.3, 0.4) is 0 Å². The van der Waals surface area contributed by atoms with Crippen molar-refractivity contribution < 1.29 is 23.9 Å².